The highest BCUT2D eigenvalue weighted by molar-refractivity contribution is 5.77. The molecule has 0 spiro atoms. The van der Waals surface area contributed by atoms with Crippen LogP contribution in [0.3, 0.4) is 0 Å². The minimum atomic E-state index is -0.00503. The number of ether oxygens (including phenoxy) is 2. The van der Waals surface area contributed by atoms with Crippen LogP contribution in [0.1, 0.15) is 25.5 Å². The molecule has 0 radical (unpaired) electrons. The van der Waals surface area contributed by atoms with Crippen molar-refractivity contribution in [3.63, 3.8) is 0 Å². The summed E-state index contributed by atoms with van der Waals surface area (Å²) in [5.41, 5.74) is 1.10. The normalized spacial score (nSPS) is 14.7. The number of carbonyl (C=O) groups excluding carboxylic acids is 1. The van der Waals surface area contributed by atoms with Gasteiger partial charge < -0.3 is 19.7 Å². The predicted molar refractivity (Wildman–Crippen MR) is 76.8 cm³/mol. The number of carbonyl (C=O) groups is 1. The Labute approximate surface area is 119 Å². The number of nitrogens with zero attached hydrogens (tertiary/aromatic N) is 1. The fourth-order valence-electron chi connectivity index (χ4n) is 2.12. The van der Waals surface area contributed by atoms with Gasteiger partial charge in [0.2, 0.25) is 12.7 Å². The number of amides is 1. The van der Waals surface area contributed by atoms with Crippen molar-refractivity contribution in [2.24, 2.45) is 5.92 Å². The van der Waals surface area contributed by atoms with Crippen LogP contribution in [0, 0.1) is 5.92 Å². The molecule has 1 N–H and O–H groups in total. The summed E-state index contributed by atoms with van der Waals surface area (Å²) in [6.07, 6.45) is 0. The average molecular weight is 278 g/mol. The highest BCUT2D eigenvalue weighted by Gasteiger charge is 2.20. The molecule has 110 valence electrons. The van der Waals surface area contributed by atoms with Crippen molar-refractivity contribution in [3.8, 4) is 11.5 Å². The van der Waals surface area contributed by atoms with Crippen LogP contribution in [0.2, 0.25) is 0 Å². The van der Waals surface area contributed by atoms with Crippen LogP contribution in [0.5, 0.6) is 11.5 Å². The van der Waals surface area contributed by atoms with Crippen LogP contribution in [-0.2, 0) is 4.79 Å². The van der Waals surface area contributed by atoms with Crippen molar-refractivity contribution in [2.45, 2.75) is 19.9 Å². The molecule has 2 rings (SSSR count). The van der Waals surface area contributed by atoms with Gasteiger partial charge in [-0.25, -0.2) is 0 Å². The molecule has 5 nitrogen and oxygen atoms in total. The summed E-state index contributed by atoms with van der Waals surface area (Å²) in [6.45, 7) is 4.63. The fourth-order valence-corrected chi connectivity index (χ4v) is 2.12. The summed E-state index contributed by atoms with van der Waals surface area (Å²) in [7, 11) is 3.99. The first-order valence-electron chi connectivity index (χ1n) is 6.82. The van der Waals surface area contributed by atoms with E-state index in [0.29, 0.717) is 6.54 Å². The first-order chi connectivity index (χ1) is 9.49. The molecule has 0 unspecified atom stereocenters. The molecule has 1 aromatic carbocycles. The van der Waals surface area contributed by atoms with Crippen molar-refractivity contribution in [1.29, 1.82) is 0 Å². The van der Waals surface area contributed by atoms with E-state index in [1.165, 1.54) is 0 Å². The molecule has 0 saturated heterocycles. The second-order valence-corrected chi connectivity index (χ2v) is 5.49. The topological polar surface area (TPSA) is 50.8 Å². The summed E-state index contributed by atoms with van der Waals surface area (Å²) in [5.74, 6) is 1.61. The Kier molecular flexibility index (Phi) is 4.49. The Hall–Kier alpha value is -1.75. The van der Waals surface area contributed by atoms with E-state index in [1.54, 1.807) is 0 Å². The summed E-state index contributed by atoms with van der Waals surface area (Å²) in [6, 6.07) is 6.01. The lowest BCUT2D eigenvalue weighted by molar-refractivity contribution is -0.124. The molecule has 1 aliphatic heterocycles. The number of nitrogens with one attached hydrogen (secondary N) is 1. The Morgan fingerprint density at radius 2 is 2.00 bits per heavy atom. The van der Waals surface area contributed by atoms with Gasteiger partial charge in [-0.1, -0.05) is 19.9 Å². The summed E-state index contributed by atoms with van der Waals surface area (Å²) < 4.78 is 10.7. The van der Waals surface area contributed by atoms with Gasteiger partial charge in [0, 0.05) is 12.5 Å². The molecule has 1 aromatic rings. The van der Waals surface area contributed by atoms with E-state index in [2.05, 4.69) is 10.2 Å². The molecule has 0 fully saturated rings. The Morgan fingerprint density at radius 1 is 1.30 bits per heavy atom. The number of fused-ring (bicyclic) bond motifs is 1. The quantitative estimate of drug-likeness (QED) is 0.892. The second kappa shape index (κ2) is 6.13. The van der Waals surface area contributed by atoms with Gasteiger partial charge in [-0.15, -0.1) is 0 Å². The molecule has 0 bridgehead atoms. The van der Waals surface area contributed by atoms with E-state index in [0.717, 1.165) is 17.1 Å². The molecular weight excluding hydrogens is 256 g/mol. The van der Waals surface area contributed by atoms with E-state index < -0.39 is 0 Å². The lowest BCUT2D eigenvalue weighted by atomic mass is 10.0. The highest BCUT2D eigenvalue weighted by atomic mass is 16.7. The lowest BCUT2D eigenvalue weighted by Crippen LogP contribution is -2.36. The monoisotopic (exact) mass is 278 g/mol. The maximum absolute atomic E-state index is 11.7. The predicted octanol–water partition coefficient (Wildman–Crippen LogP) is 1.79. The molecule has 5 heteroatoms. The second-order valence-electron chi connectivity index (χ2n) is 5.49. The fraction of sp³-hybridized carbons (Fsp3) is 0.533. The third-order valence-electron chi connectivity index (χ3n) is 3.40. The van der Waals surface area contributed by atoms with Crippen LogP contribution < -0.4 is 14.8 Å². The van der Waals surface area contributed by atoms with Crippen molar-refractivity contribution in [3.05, 3.63) is 23.8 Å². The smallest absolute Gasteiger partial charge is 0.231 e. The van der Waals surface area contributed by atoms with E-state index in [4.69, 9.17) is 9.47 Å². The summed E-state index contributed by atoms with van der Waals surface area (Å²) in [4.78, 5) is 13.8. The zero-order chi connectivity index (χ0) is 14.7. The van der Waals surface area contributed by atoms with Gasteiger partial charge in [-0.2, -0.15) is 0 Å². The molecule has 1 heterocycles. The molecule has 1 amide bonds. The lowest BCUT2D eigenvalue weighted by Gasteiger charge is -2.25. The largest absolute Gasteiger partial charge is 0.454 e. The standard InChI is InChI=1S/C15H22N2O3/c1-10(2)15(18)16-8-12(17(3)4)11-5-6-13-14(7-11)20-9-19-13/h5-7,10,12H,8-9H2,1-4H3,(H,16,18)/t12-/m1/s1. The highest BCUT2D eigenvalue weighted by Crippen LogP contribution is 2.34. The number of rotatable bonds is 5. The maximum atomic E-state index is 11.7. The van der Waals surface area contributed by atoms with Crippen molar-refractivity contribution < 1.29 is 14.3 Å². The zero-order valence-electron chi connectivity index (χ0n) is 12.5. The first kappa shape index (κ1) is 14.7. The van der Waals surface area contributed by atoms with Crippen molar-refractivity contribution in [2.75, 3.05) is 27.4 Å². The minimum absolute atomic E-state index is 0.00503. The molecule has 20 heavy (non-hydrogen) atoms. The number of likely N-dealkylation sites (N-methyl/N-ethyl adjacent to an activating group) is 1. The van der Waals surface area contributed by atoms with E-state index in [-0.39, 0.29) is 24.7 Å². The molecule has 0 aliphatic carbocycles. The first-order valence-corrected chi connectivity index (χ1v) is 6.82. The van der Waals surface area contributed by atoms with Crippen LogP contribution in [0.25, 0.3) is 0 Å². The van der Waals surface area contributed by atoms with Crippen LogP contribution in [0.4, 0.5) is 0 Å². The molecule has 0 aromatic heterocycles. The number of benzene rings is 1. The van der Waals surface area contributed by atoms with Gasteiger partial charge in [0.25, 0.3) is 0 Å². The van der Waals surface area contributed by atoms with Gasteiger partial charge >= 0.3 is 0 Å². The van der Waals surface area contributed by atoms with Crippen LogP contribution in [0.15, 0.2) is 18.2 Å². The summed E-state index contributed by atoms with van der Waals surface area (Å²) in [5, 5.41) is 2.98. The van der Waals surface area contributed by atoms with Gasteiger partial charge in [0.1, 0.15) is 0 Å². The third-order valence-corrected chi connectivity index (χ3v) is 3.40. The van der Waals surface area contributed by atoms with Gasteiger partial charge in [0.15, 0.2) is 11.5 Å². The SMILES string of the molecule is CC(C)C(=O)NC[C@H](c1ccc2c(c1)OCO2)N(C)C. The van der Waals surface area contributed by atoms with Gasteiger partial charge in [-0.3, -0.25) is 4.79 Å². The van der Waals surface area contributed by atoms with Crippen molar-refractivity contribution in [1.82, 2.24) is 10.2 Å². The molecular formula is C15H22N2O3. The van der Waals surface area contributed by atoms with Gasteiger partial charge in [0.05, 0.1) is 6.04 Å². The average Bonchev–Trinajstić information content (AvgIpc) is 2.85. The van der Waals surface area contributed by atoms with Crippen LogP contribution in [-0.4, -0.2) is 38.2 Å². The van der Waals surface area contributed by atoms with Crippen molar-refractivity contribution >= 4 is 5.91 Å². The molecule has 1 aliphatic rings. The number of hydrogen-bond donors (Lipinski definition) is 1. The minimum Gasteiger partial charge on any atom is -0.454 e. The summed E-state index contributed by atoms with van der Waals surface area (Å²) >= 11 is 0. The zero-order valence-corrected chi connectivity index (χ0v) is 12.5. The van der Waals surface area contributed by atoms with E-state index in [9.17, 15) is 4.79 Å². The Balaban J connectivity index is 2.10. The van der Waals surface area contributed by atoms with Gasteiger partial charge in [-0.05, 0) is 31.8 Å². The molecule has 1 atom stereocenters. The number of hydrogen-bond acceptors (Lipinski definition) is 4. The Bertz CT molecular complexity index is 486. The maximum Gasteiger partial charge on any atom is 0.231 e. The van der Waals surface area contributed by atoms with E-state index >= 15 is 0 Å². The van der Waals surface area contributed by atoms with Crippen LogP contribution >= 0.6 is 0 Å². The van der Waals surface area contributed by atoms with E-state index in [1.807, 2.05) is 46.1 Å². The third kappa shape index (κ3) is 3.22. The Morgan fingerprint density at radius 3 is 2.65 bits per heavy atom. The molecule has 0 saturated carbocycles.